The lowest BCUT2D eigenvalue weighted by Crippen LogP contribution is -2.36. The summed E-state index contributed by atoms with van der Waals surface area (Å²) in [4.78, 5) is 39.1. The number of primary amides is 1. The number of nitrogens with zero attached hydrogens (tertiary/aromatic N) is 2. The van der Waals surface area contributed by atoms with Crippen LogP contribution < -0.4 is 16.6 Å². The number of imide groups is 1. The molecule has 3 amide bonds. The van der Waals surface area contributed by atoms with E-state index in [0.717, 1.165) is 11.8 Å². The van der Waals surface area contributed by atoms with Crippen molar-refractivity contribution in [3.05, 3.63) is 34.6 Å². The average Bonchev–Trinajstić information content (AvgIpc) is 2.44. The molecule has 8 heteroatoms. The van der Waals surface area contributed by atoms with Crippen molar-refractivity contribution < 1.29 is 9.59 Å². The van der Waals surface area contributed by atoms with Crippen LogP contribution >= 0.6 is 11.8 Å². The highest BCUT2D eigenvalue weighted by molar-refractivity contribution is 7.99. The van der Waals surface area contributed by atoms with Gasteiger partial charge in [0.1, 0.15) is 0 Å². The van der Waals surface area contributed by atoms with Gasteiger partial charge in [-0.05, 0) is 26.0 Å². The molecule has 7 nitrogen and oxygen atoms in total. The van der Waals surface area contributed by atoms with Crippen LogP contribution in [0.15, 0.2) is 34.2 Å². The van der Waals surface area contributed by atoms with Crippen LogP contribution in [0.3, 0.4) is 0 Å². The first-order valence-electron chi connectivity index (χ1n) is 6.63. The van der Waals surface area contributed by atoms with Crippen LogP contribution in [0.5, 0.6) is 0 Å². The second-order valence-corrected chi connectivity index (χ2v) is 5.82. The fraction of sp³-hybridized carbons (Fsp3) is 0.286. The fourth-order valence-corrected chi connectivity index (χ4v) is 2.91. The number of rotatable bonds is 4. The molecule has 1 aromatic carbocycles. The van der Waals surface area contributed by atoms with Crippen molar-refractivity contribution in [2.45, 2.75) is 25.0 Å². The largest absolute Gasteiger partial charge is 0.351 e. The maximum absolute atomic E-state index is 12.5. The van der Waals surface area contributed by atoms with Gasteiger partial charge in [-0.1, -0.05) is 23.9 Å². The van der Waals surface area contributed by atoms with Gasteiger partial charge in [0.15, 0.2) is 5.16 Å². The lowest BCUT2D eigenvalue weighted by Gasteiger charge is -2.15. The summed E-state index contributed by atoms with van der Waals surface area (Å²) in [6.45, 7) is 3.73. The van der Waals surface area contributed by atoms with E-state index in [1.165, 1.54) is 4.57 Å². The van der Waals surface area contributed by atoms with Gasteiger partial charge < -0.3 is 5.73 Å². The number of para-hydroxylation sites is 1. The third-order valence-corrected chi connectivity index (χ3v) is 3.84. The number of thioether (sulfide) groups is 1. The van der Waals surface area contributed by atoms with E-state index in [-0.39, 0.29) is 17.4 Å². The summed E-state index contributed by atoms with van der Waals surface area (Å²) in [6.07, 6.45) is 0. The quantitative estimate of drug-likeness (QED) is 0.651. The Hall–Kier alpha value is -2.35. The van der Waals surface area contributed by atoms with Gasteiger partial charge in [-0.25, -0.2) is 9.78 Å². The number of carbonyl (C=O) groups excluding carboxylic acids is 2. The molecule has 0 saturated heterocycles. The Morgan fingerprint density at radius 2 is 2.05 bits per heavy atom. The highest BCUT2D eigenvalue weighted by Gasteiger charge is 2.15. The number of hydrogen-bond donors (Lipinski definition) is 2. The SMILES string of the molecule is CC(C)n1c(SCC(=O)NC(N)=O)nc2ccccc2c1=O. The Balaban J connectivity index is 2.39. The third kappa shape index (κ3) is 3.45. The first kappa shape index (κ1) is 16.0. The van der Waals surface area contributed by atoms with Crippen molar-refractivity contribution in [3.63, 3.8) is 0 Å². The monoisotopic (exact) mass is 320 g/mol. The van der Waals surface area contributed by atoms with Gasteiger partial charge in [-0.3, -0.25) is 19.5 Å². The molecule has 0 atom stereocenters. The number of carbonyl (C=O) groups is 2. The molecular formula is C14H16N4O3S. The van der Waals surface area contributed by atoms with Crippen molar-refractivity contribution >= 4 is 34.6 Å². The highest BCUT2D eigenvalue weighted by atomic mass is 32.2. The average molecular weight is 320 g/mol. The van der Waals surface area contributed by atoms with E-state index < -0.39 is 11.9 Å². The molecule has 0 radical (unpaired) electrons. The van der Waals surface area contributed by atoms with E-state index in [1.807, 2.05) is 19.2 Å². The molecule has 0 fully saturated rings. The molecule has 1 aromatic heterocycles. The summed E-state index contributed by atoms with van der Waals surface area (Å²) >= 11 is 1.09. The molecule has 1 heterocycles. The van der Waals surface area contributed by atoms with E-state index in [1.54, 1.807) is 24.3 Å². The van der Waals surface area contributed by atoms with E-state index in [9.17, 15) is 14.4 Å². The van der Waals surface area contributed by atoms with Crippen molar-refractivity contribution in [1.82, 2.24) is 14.9 Å². The zero-order valence-corrected chi connectivity index (χ0v) is 13.0. The van der Waals surface area contributed by atoms with E-state index in [0.29, 0.717) is 16.1 Å². The minimum atomic E-state index is -0.904. The zero-order chi connectivity index (χ0) is 16.3. The molecule has 116 valence electrons. The molecule has 0 aliphatic heterocycles. The first-order valence-corrected chi connectivity index (χ1v) is 7.62. The molecule has 0 saturated carbocycles. The Labute approximate surface area is 130 Å². The van der Waals surface area contributed by atoms with E-state index in [2.05, 4.69) is 4.98 Å². The number of amides is 3. The van der Waals surface area contributed by atoms with Crippen LogP contribution in [0.1, 0.15) is 19.9 Å². The topological polar surface area (TPSA) is 107 Å². The lowest BCUT2D eigenvalue weighted by molar-refractivity contribution is -0.117. The number of hydrogen-bond acceptors (Lipinski definition) is 5. The fourth-order valence-electron chi connectivity index (χ4n) is 1.99. The van der Waals surface area contributed by atoms with Gasteiger partial charge in [0.25, 0.3) is 5.56 Å². The van der Waals surface area contributed by atoms with Crippen molar-refractivity contribution in [1.29, 1.82) is 0 Å². The smallest absolute Gasteiger partial charge is 0.318 e. The highest BCUT2D eigenvalue weighted by Crippen LogP contribution is 2.20. The normalized spacial score (nSPS) is 10.9. The van der Waals surface area contributed by atoms with Crippen LogP contribution in [-0.2, 0) is 4.79 Å². The molecule has 3 N–H and O–H groups in total. The summed E-state index contributed by atoms with van der Waals surface area (Å²) in [5, 5.41) is 2.94. The Morgan fingerprint density at radius 1 is 1.36 bits per heavy atom. The summed E-state index contributed by atoms with van der Waals surface area (Å²) < 4.78 is 1.53. The number of aromatic nitrogens is 2. The predicted octanol–water partition coefficient (Wildman–Crippen LogP) is 1.26. The molecular weight excluding hydrogens is 304 g/mol. The van der Waals surface area contributed by atoms with Crippen LogP contribution in [0.4, 0.5) is 4.79 Å². The number of nitrogens with one attached hydrogen (secondary N) is 1. The van der Waals surface area contributed by atoms with Gasteiger partial charge in [-0.15, -0.1) is 0 Å². The van der Waals surface area contributed by atoms with Gasteiger partial charge in [0.05, 0.1) is 16.7 Å². The number of benzene rings is 1. The standard InChI is InChI=1S/C14H16N4O3S/c1-8(2)18-12(20)9-5-3-4-6-10(9)16-14(18)22-7-11(19)17-13(15)21/h3-6,8H,7H2,1-2H3,(H3,15,17,19,21). The third-order valence-electron chi connectivity index (χ3n) is 2.89. The second-order valence-electron chi connectivity index (χ2n) is 4.88. The Kier molecular flexibility index (Phi) is 4.81. The summed E-state index contributed by atoms with van der Waals surface area (Å²) in [5.41, 5.74) is 5.31. The van der Waals surface area contributed by atoms with Crippen LogP contribution in [0.2, 0.25) is 0 Å². The molecule has 0 aliphatic rings. The maximum atomic E-state index is 12.5. The van der Waals surface area contributed by atoms with Crippen molar-refractivity contribution in [2.24, 2.45) is 5.73 Å². The van der Waals surface area contributed by atoms with Gasteiger partial charge in [0.2, 0.25) is 5.91 Å². The summed E-state index contributed by atoms with van der Waals surface area (Å²) in [7, 11) is 0. The number of urea groups is 1. The van der Waals surface area contributed by atoms with Crippen LogP contribution in [0.25, 0.3) is 10.9 Å². The van der Waals surface area contributed by atoms with Gasteiger partial charge >= 0.3 is 6.03 Å². The van der Waals surface area contributed by atoms with E-state index in [4.69, 9.17) is 5.73 Å². The van der Waals surface area contributed by atoms with Crippen LogP contribution in [0, 0.1) is 0 Å². The lowest BCUT2D eigenvalue weighted by atomic mass is 10.2. The predicted molar refractivity (Wildman–Crippen MR) is 84.8 cm³/mol. The van der Waals surface area contributed by atoms with E-state index >= 15 is 0 Å². The molecule has 2 aromatic rings. The second kappa shape index (κ2) is 6.61. The molecule has 0 bridgehead atoms. The first-order chi connectivity index (χ1) is 10.4. The molecule has 0 aliphatic carbocycles. The number of fused-ring (bicyclic) bond motifs is 1. The summed E-state index contributed by atoms with van der Waals surface area (Å²) in [5.74, 6) is -0.587. The van der Waals surface area contributed by atoms with Crippen molar-refractivity contribution in [3.8, 4) is 0 Å². The minimum Gasteiger partial charge on any atom is -0.351 e. The molecule has 2 rings (SSSR count). The zero-order valence-electron chi connectivity index (χ0n) is 12.2. The van der Waals surface area contributed by atoms with Gasteiger partial charge in [-0.2, -0.15) is 0 Å². The Morgan fingerprint density at radius 3 is 2.68 bits per heavy atom. The molecule has 0 unspecified atom stereocenters. The molecule has 22 heavy (non-hydrogen) atoms. The molecule has 0 spiro atoms. The Bertz CT molecular complexity index is 785. The summed E-state index contributed by atoms with van der Waals surface area (Å²) in [6, 6.07) is 6.03. The minimum absolute atomic E-state index is 0.0551. The van der Waals surface area contributed by atoms with Gasteiger partial charge in [0, 0.05) is 6.04 Å². The number of nitrogens with two attached hydrogens (primary N) is 1. The van der Waals surface area contributed by atoms with Crippen molar-refractivity contribution in [2.75, 3.05) is 5.75 Å². The van der Waals surface area contributed by atoms with Crippen LogP contribution in [-0.4, -0.2) is 27.2 Å². The maximum Gasteiger partial charge on any atom is 0.318 e.